The second-order valence-corrected chi connectivity index (χ2v) is 39.2. The molecule has 0 spiro atoms. The first-order valence-electron chi connectivity index (χ1n) is 39.4. The van der Waals surface area contributed by atoms with Gasteiger partial charge in [0, 0.05) is 54.5 Å². The highest BCUT2D eigenvalue weighted by Gasteiger charge is 2.45. The zero-order valence-corrected chi connectivity index (χ0v) is 73.2. The third kappa shape index (κ3) is 27.5. The zero-order chi connectivity index (χ0) is 85.3. The monoisotopic (exact) mass is 1740 g/mol. The summed E-state index contributed by atoms with van der Waals surface area (Å²) in [5.74, 6) is 3.54. The number of nitrogens with one attached hydrogen (secondary N) is 3. The van der Waals surface area contributed by atoms with Gasteiger partial charge in [0.1, 0.15) is 60.5 Å². The van der Waals surface area contributed by atoms with Crippen molar-refractivity contribution in [2.45, 2.75) is 205 Å². The summed E-state index contributed by atoms with van der Waals surface area (Å²) in [4.78, 5) is 51.3. The number of hydrogen-bond donors (Lipinski definition) is 5. The van der Waals surface area contributed by atoms with Crippen molar-refractivity contribution >= 4 is 72.3 Å². The first-order chi connectivity index (χ1) is 56.5. The third-order valence-corrected chi connectivity index (χ3v) is 25.0. The Labute approximate surface area is 707 Å². The maximum Gasteiger partial charge on any atom is 0.407 e. The van der Waals surface area contributed by atoms with Crippen LogP contribution in [0.5, 0.6) is 40.2 Å². The Balaban J connectivity index is 0.000000181. The van der Waals surface area contributed by atoms with Gasteiger partial charge in [-0.2, -0.15) is 8.61 Å². The largest absolute Gasteiger partial charge is 0.487 e. The van der Waals surface area contributed by atoms with E-state index in [2.05, 4.69) is 30.9 Å². The van der Waals surface area contributed by atoms with E-state index in [1.54, 1.807) is 79.0 Å². The van der Waals surface area contributed by atoms with Crippen LogP contribution in [-0.2, 0) is 87.6 Å². The molecule has 0 aliphatic carbocycles. The van der Waals surface area contributed by atoms with E-state index in [4.69, 9.17) is 61.6 Å². The maximum atomic E-state index is 13.9. The Morgan fingerprint density at radius 2 is 0.891 bits per heavy atom. The molecule has 0 radical (unpaired) electrons. The molecule has 5 aliphatic heterocycles. The number of carbonyl (C=O) groups is 3. The Morgan fingerprint density at radius 3 is 1.27 bits per heavy atom. The van der Waals surface area contributed by atoms with Crippen molar-refractivity contribution in [2.75, 3.05) is 59.6 Å². The second-order valence-electron chi connectivity index (χ2n) is 32.2. The van der Waals surface area contributed by atoms with Crippen LogP contribution in [0.15, 0.2) is 135 Å². The minimum Gasteiger partial charge on any atom is -0.487 e. The summed E-state index contributed by atoms with van der Waals surface area (Å²) in [6.07, 6.45) is -3.47. The number of sulfonamides is 2. The van der Waals surface area contributed by atoms with E-state index in [0.29, 0.717) is 80.4 Å². The summed E-state index contributed by atoms with van der Waals surface area (Å²) in [6.45, 7) is 26.5. The van der Waals surface area contributed by atoms with Gasteiger partial charge in [0.2, 0.25) is 33.6 Å². The highest BCUT2D eigenvalue weighted by molar-refractivity contribution is 7.89. The fraction of sp³-hybridized carbons (Fsp3) is 0.500. The summed E-state index contributed by atoms with van der Waals surface area (Å²) in [5, 5.41) is 40.5. The summed E-state index contributed by atoms with van der Waals surface area (Å²) in [5.41, 5.74) is 4.04. The van der Waals surface area contributed by atoms with Crippen LogP contribution >= 0.6 is 34.0 Å². The third-order valence-electron chi connectivity index (χ3n) is 18.9. The molecule has 8 heterocycles. The van der Waals surface area contributed by atoms with Gasteiger partial charge in [0.05, 0.1) is 98.0 Å². The lowest BCUT2D eigenvalue weighted by molar-refractivity contribution is -0.0907. The van der Waals surface area contributed by atoms with Crippen molar-refractivity contribution in [1.82, 2.24) is 39.5 Å². The molecular weight excluding hydrogens is 1630 g/mol. The number of amides is 3. The van der Waals surface area contributed by atoms with Crippen LogP contribution < -0.4 is 49.1 Å². The van der Waals surface area contributed by atoms with E-state index < -0.39 is 86.2 Å². The van der Waals surface area contributed by atoms with Crippen molar-refractivity contribution < 1.29 is 103 Å². The fourth-order valence-corrected chi connectivity index (χ4v) is 18.2. The van der Waals surface area contributed by atoms with Gasteiger partial charge in [-0.3, -0.25) is 0 Å². The van der Waals surface area contributed by atoms with Crippen LogP contribution in [0, 0.1) is 38.5 Å². The van der Waals surface area contributed by atoms with Crippen LogP contribution in [0.3, 0.4) is 0 Å². The number of carbonyl (C=O) groups excluding carboxylic acids is 3. The van der Waals surface area contributed by atoms with E-state index >= 15 is 0 Å². The summed E-state index contributed by atoms with van der Waals surface area (Å²) in [6, 6.07) is 29.5. The highest BCUT2D eigenvalue weighted by Crippen LogP contribution is 2.38. The van der Waals surface area contributed by atoms with E-state index in [1.807, 2.05) is 146 Å². The number of alkyl carbamates (subject to hydrolysis) is 3. The quantitative estimate of drug-likeness (QED) is 0.0185. The smallest absolute Gasteiger partial charge is 0.407 e. The van der Waals surface area contributed by atoms with Crippen LogP contribution in [0.25, 0.3) is 0 Å². The molecule has 3 fully saturated rings. The molecule has 5 N–H and O–H groups in total. The van der Waals surface area contributed by atoms with Crippen molar-refractivity contribution in [3.8, 4) is 40.2 Å². The lowest BCUT2D eigenvalue weighted by Gasteiger charge is -2.31. The second kappa shape index (κ2) is 41.1. The molecule has 3 amide bonds. The van der Waals surface area contributed by atoms with Gasteiger partial charge >= 0.3 is 18.3 Å². The number of epoxide rings is 1. The topological polar surface area (TPSA) is 364 Å². The van der Waals surface area contributed by atoms with Crippen molar-refractivity contribution in [3.63, 3.8) is 0 Å². The number of hydrogen-bond acceptors (Lipinski definition) is 28. The SMILES string of the molecule is Cc1nc(COc2ccc(C[C@H](NC(=O)OC(C)(C)C)[C@H](O)CN(CC(C)C)S(=O)(=O)c3ccc4c(c3)OCO4)cc2)cs1.Cc1nc(COc2ccc(C[C@H](NC(=O)OC(C)(C)C)[C@H]3CO3)cc2)cs1.Cc1nc(COc2ccc(C[C@H](NC(=O)O[C@H]3CO[C@H]4OCC[C@H]43)[C@H](O)CN(CC(C)C)S(=O)(=O)c3ccc4c(c3)OCO4)cc2)cs1. The first-order valence-corrected chi connectivity index (χ1v) is 44.9. The lowest BCUT2D eigenvalue weighted by atomic mass is 10.0. The van der Waals surface area contributed by atoms with Crippen LogP contribution in [0.2, 0.25) is 0 Å². The predicted molar refractivity (Wildman–Crippen MR) is 445 cm³/mol. The molecule has 3 aromatic heterocycles. The highest BCUT2D eigenvalue weighted by atomic mass is 32.2. The van der Waals surface area contributed by atoms with Crippen molar-refractivity contribution in [1.29, 1.82) is 0 Å². The summed E-state index contributed by atoms with van der Waals surface area (Å²) >= 11 is 4.74. The lowest BCUT2D eigenvalue weighted by Crippen LogP contribution is -2.51. The van der Waals surface area contributed by atoms with E-state index in [1.165, 1.54) is 32.9 Å². The van der Waals surface area contributed by atoms with Gasteiger partial charge in [-0.25, -0.2) is 46.2 Å². The Morgan fingerprint density at radius 1 is 0.504 bits per heavy atom. The Hall–Kier alpha value is -8.98. The number of aliphatic hydroxyl groups excluding tert-OH is 2. The minimum absolute atomic E-state index is 0.0106. The van der Waals surface area contributed by atoms with Crippen molar-refractivity contribution in [2.24, 2.45) is 17.8 Å². The molecule has 13 rings (SSSR count). The molecule has 9 atom stereocenters. The van der Waals surface area contributed by atoms with E-state index in [9.17, 15) is 41.4 Å². The maximum absolute atomic E-state index is 13.9. The zero-order valence-electron chi connectivity index (χ0n) is 69.1. The Bertz CT molecular complexity index is 4880. The average Bonchev–Trinajstić information content (AvgIpc) is 1.75. The number of aromatic nitrogens is 3. The van der Waals surface area contributed by atoms with Crippen LogP contribution in [-0.4, -0.2) is 189 Å². The summed E-state index contributed by atoms with van der Waals surface area (Å²) < 4.78 is 130. The van der Waals surface area contributed by atoms with Gasteiger partial charge in [-0.15, -0.1) is 34.0 Å². The standard InChI is InChI=1S/C33H41N3O10S2.C31H41N3O8S2.C20H26N2O4S/c1-20(2)14-36(48(39,40)25-8-9-29-30(13-25)45-19-44-29)15-28(37)27(35-33(38)46-31-17-43-32-26(31)10-11-41-32)12-22-4-6-24(7-5-22)42-16-23-18-47-21(3)34-23;1-20(2)15-34(44(37,38)25-11-12-28-29(14-25)41-19-40-28)16-27(35)26(33-30(36)42-31(4,5)6)13-22-7-9-24(10-8-22)39-17-23-18-43-21(3)32-23;1-13-21-15(12-27-13)10-24-16-7-5-14(6-8-16)9-17(18-11-25-18)22-19(23)26-20(2,3)4/h4-9,13,18,20,26-28,31-32,37H,10-12,14-17,19H2,1-3H3,(H,35,38);7-12,14,18,20,26-27,35H,13,15-17,19H2,1-6H3,(H,33,36);5-8,12,17-18H,9-11H2,1-4H3,(H,22,23)/t26-,27-,28+,31-,32+;26-,27+;17-,18+/m000/s1. The Kier molecular flexibility index (Phi) is 31.3. The van der Waals surface area contributed by atoms with E-state index in [-0.39, 0.29) is 98.9 Å². The molecule has 0 unspecified atom stereocenters. The number of nitrogens with zero attached hydrogens (tertiary/aromatic N) is 5. The summed E-state index contributed by atoms with van der Waals surface area (Å²) in [7, 11) is -8.10. The molecule has 3 saturated heterocycles. The molecule has 0 bridgehead atoms. The molecule has 0 saturated carbocycles. The number of ether oxygens (including phenoxy) is 13. The molecule has 119 heavy (non-hydrogen) atoms. The van der Waals surface area contributed by atoms with Gasteiger partial charge in [0.15, 0.2) is 29.3 Å². The number of benzene rings is 5. The normalized spacial score (nSPS) is 17.9. The molecule has 35 heteroatoms. The van der Waals surface area contributed by atoms with Gasteiger partial charge in [-0.1, -0.05) is 64.1 Å². The molecule has 5 aliphatic rings. The molecule has 5 aromatic carbocycles. The number of fused-ring (bicyclic) bond motifs is 3. The van der Waals surface area contributed by atoms with Gasteiger partial charge in [0.25, 0.3) is 0 Å². The van der Waals surface area contributed by atoms with E-state index in [0.717, 1.165) is 54.5 Å². The molecule has 30 nitrogen and oxygen atoms in total. The molecule has 646 valence electrons. The molecule has 8 aromatic rings. The van der Waals surface area contributed by atoms with Crippen molar-refractivity contribution in [3.05, 3.63) is 174 Å². The minimum atomic E-state index is -4.07. The number of rotatable bonds is 34. The number of aryl methyl sites for hydroxylation is 3. The fourth-order valence-electron chi connectivity index (χ4n) is 13.1. The molecular formula is C84H108N8O22S5. The van der Waals surface area contributed by atoms with Gasteiger partial charge in [-0.05, 0) is 177 Å². The van der Waals surface area contributed by atoms with Gasteiger partial charge < -0.3 is 87.7 Å². The van der Waals surface area contributed by atoms with Crippen LogP contribution in [0.1, 0.15) is 124 Å². The van der Waals surface area contributed by atoms with Crippen LogP contribution in [0.4, 0.5) is 14.4 Å². The number of aliphatic hydroxyl groups is 2. The average molecular weight is 1740 g/mol. The predicted octanol–water partition coefficient (Wildman–Crippen LogP) is 12.6. The first kappa shape index (κ1) is 90.8. The number of thiazole rings is 3.